The van der Waals surface area contributed by atoms with Crippen molar-refractivity contribution in [3.63, 3.8) is 0 Å². The molecule has 4 nitrogen and oxygen atoms in total. The minimum atomic E-state index is -0.355. The molecule has 6 heteroatoms. The number of fused-ring (bicyclic) bond motifs is 1. The largest absolute Gasteiger partial charge is 0.306 e. The van der Waals surface area contributed by atoms with E-state index in [0.29, 0.717) is 12.6 Å². The summed E-state index contributed by atoms with van der Waals surface area (Å²) in [6, 6.07) is 7.64. The zero-order valence-corrected chi connectivity index (χ0v) is 13.7. The normalized spacial score (nSPS) is 17.5. The number of aryl methyl sites for hydroxylation is 1. The molecule has 1 N–H and O–H groups in total. The molecule has 1 heterocycles. The van der Waals surface area contributed by atoms with Crippen LogP contribution >= 0.6 is 27.3 Å². The van der Waals surface area contributed by atoms with Gasteiger partial charge < -0.3 is 5.32 Å². The predicted molar refractivity (Wildman–Crippen MR) is 87.6 cm³/mol. The highest BCUT2D eigenvalue weighted by Crippen LogP contribution is 2.33. The second kappa shape index (κ2) is 6.25. The molecule has 0 saturated carbocycles. The lowest BCUT2D eigenvalue weighted by Crippen LogP contribution is -2.23. The number of non-ortho nitro benzene ring substituents is 1. The van der Waals surface area contributed by atoms with Gasteiger partial charge in [-0.05, 0) is 47.9 Å². The van der Waals surface area contributed by atoms with Gasteiger partial charge in [-0.2, -0.15) is 0 Å². The van der Waals surface area contributed by atoms with E-state index in [1.807, 2.05) is 17.4 Å². The van der Waals surface area contributed by atoms with Gasteiger partial charge in [0.25, 0.3) is 5.69 Å². The van der Waals surface area contributed by atoms with E-state index in [2.05, 4.69) is 32.7 Å². The maximum atomic E-state index is 10.9. The van der Waals surface area contributed by atoms with Gasteiger partial charge in [0.1, 0.15) is 0 Å². The molecule has 1 aromatic carbocycles. The van der Waals surface area contributed by atoms with Crippen molar-refractivity contribution in [1.29, 1.82) is 0 Å². The van der Waals surface area contributed by atoms with E-state index in [-0.39, 0.29) is 10.6 Å². The summed E-state index contributed by atoms with van der Waals surface area (Å²) >= 11 is 5.16. The maximum absolute atomic E-state index is 10.9. The first-order valence-corrected chi connectivity index (χ1v) is 8.54. The van der Waals surface area contributed by atoms with Gasteiger partial charge in [-0.15, -0.1) is 11.3 Å². The molecule has 1 aliphatic rings. The van der Waals surface area contributed by atoms with E-state index in [9.17, 15) is 10.1 Å². The van der Waals surface area contributed by atoms with Gasteiger partial charge in [-0.1, -0.05) is 15.9 Å². The molecule has 3 rings (SSSR count). The highest BCUT2D eigenvalue weighted by Gasteiger charge is 2.20. The zero-order chi connectivity index (χ0) is 14.8. The summed E-state index contributed by atoms with van der Waals surface area (Å²) in [5.41, 5.74) is 2.45. The van der Waals surface area contributed by atoms with Crippen molar-refractivity contribution in [2.75, 3.05) is 0 Å². The Morgan fingerprint density at radius 3 is 3.10 bits per heavy atom. The number of nitrogens with one attached hydrogen (secondary N) is 1. The lowest BCUT2D eigenvalue weighted by Gasteiger charge is -2.23. The van der Waals surface area contributed by atoms with Crippen LogP contribution in [0.25, 0.3) is 0 Å². The number of hydrogen-bond acceptors (Lipinski definition) is 4. The molecule has 1 aromatic heterocycles. The van der Waals surface area contributed by atoms with Crippen molar-refractivity contribution in [3.05, 3.63) is 60.2 Å². The van der Waals surface area contributed by atoms with Crippen molar-refractivity contribution >= 4 is 33.0 Å². The molecule has 0 spiro atoms. The average Bonchev–Trinajstić information content (AvgIpc) is 2.93. The van der Waals surface area contributed by atoms with Crippen molar-refractivity contribution in [3.8, 4) is 0 Å². The SMILES string of the molecule is O=[N+]([O-])c1cc(Br)cc(CNC2CCCc3sccc32)c1. The summed E-state index contributed by atoms with van der Waals surface area (Å²) in [7, 11) is 0. The van der Waals surface area contributed by atoms with Crippen LogP contribution in [0.2, 0.25) is 0 Å². The molecule has 0 bridgehead atoms. The minimum Gasteiger partial charge on any atom is -0.306 e. The Morgan fingerprint density at radius 1 is 1.43 bits per heavy atom. The van der Waals surface area contributed by atoms with Gasteiger partial charge in [0.15, 0.2) is 0 Å². The van der Waals surface area contributed by atoms with Gasteiger partial charge in [0, 0.05) is 34.1 Å². The van der Waals surface area contributed by atoms with Crippen LogP contribution in [0, 0.1) is 10.1 Å². The summed E-state index contributed by atoms with van der Waals surface area (Å²) in [6.45, 7) is 0.639. The van der Waals surface area contributed by atoms with Crippen molar-refractivity contribution in [2.45, 2.75) is 31.8 Å². The highest BCUT2D eigenvalue weighted by molar-refractivity contribution is 9.10. The Hall–Kier alpha value is -1.24. The van der Waals surface area contributed by atoms with E-state index in [4.69, 9.17) is 0 Å². The Labute approximate surface area is 135 Å². The number of rotatable bonds is 4. The smallest absolute Gasteiger partial charge is 0.270 e. The van der Waals surface area contributed by atoms with Crippen LogP contribution in [-0.2, 0) is 13.0 Å². The van der Waals surface area contributed by atoms with Gasteiger partial charge in [-0.25, -0.2) is 0 Å². The number of nitro groups is 1. The minimum absolute atomic E-state index is 0.126. The standard InChI is InChI=1S/C15H15BrN2O2S/c16-11-6-10(7-12(8-11)18(19)20)9-17-14-2-1-3-15-13(14)4-5-21-15/h4-8,14,17H,1-3,9H2. The van der Waals surface area contributed by atoms with Crippen LogP contribution in [0.5, 0.6) is 0 Å². The third-order valence-electron chi connectivity index (χ3n) is 3.76. The topological polar surface area (TPSA) is 55.2 Å². The molecule has 0 aliphatic heterocycles. The molecule has 0 amide bonds. The van der Waals surface area contributed by atoms with Crippen LogP contribution in [0.1, 0.15) is 34.9 Å². The fourth-order valence-electron chi connectivity index (χ4n) is 2.78. The summed E-state index contributed by atoms with van der Waals surface area (Å²) in [5.74, 6) is 0. The number of nitro benzene ring substituents is 1. The van der Waals surface area contributed by atoms with E-state index >= 15 is 0 Å². The lowest BCUT2D eigenvalue weighted by molar-refractivity contribution is -0.385. The van der Waals surface area contributed by atoms with Gasteiger partial charge in [0.05, 0.1) is 4.92 Å². The Balaban J connectivity index is 1.73. The first kappa shape index (κ1) is 14.7. The van der Waals surface area contributed by atoms with Crippen LogP contribution in [-0.4, -0.2) is 4.92 Å². The highest BCUT2D eigenvalue weighted by atomic mass is 79.9. The van der Waals surface area contributed by atoms with E-state index in [1.54, 1.807) is 6.07 Å². The molecule has 0 saturated heterocycles. The van der Waals surface area contributed by atoms with E-state index in [1.165, 1.54) is 29.3 Å². The zero-order valence-electron chi connectivity index (χ0n) is 11.3. The first-order valence-electron chi connectivity index (χ1n) is 6.87. The van der Waals surface area contributed by atoms with Crippen LogP contribution < -0.4 is 5.32 Å². The quantitative estimate of drug-likeness (QED) is 0.635. The first-order chi connectivity index (χ1) is 10.1. The summed E-state index contributed by atoms with van der Waals surface area (Å²) in [5, 5.41) is 16.6. The second-order valence-electron chi connectivity index (χ2n) is 5.20. The average molecular weight is 367 g/mol. The molecule has 1 atom stereocenters. The van der Waals surface area contributed by atoms with Gasteiger partial charge in [0.2, 0.25) is 0 Å². The predicted octanol–water partition coefficient (Wildman–Crippen LogP) is 4.59. The van der Waals surface area contributed by atoms with Crippen LogP contribution in [0.15, 0.2) is 34.1 Å². The lowest BCUT2D eigenvalue weighted by atomic mass is 9.94. The molecule has 21 heavy (non-hydrogen) atoms. The number of benzene rings is 1. The third kappa shape index (κ3) is 3.33. The second-order valence-corrected chi connectivity index (χ2v) is 7.12. The Morgan fingerprint density at radius 2 is 2.29 bits per heavy atom. The van der Waals surface area contributed by atoms with Crippen molar-refractivity contribution in [2.24, 2.45) is 0 Å². The molecular weight excluding hydrogens is 352 g/mol. The maximum Gasteiger partial charge on any atom is 0.270 e. The van der Waals surface area contributed by atoms with Crippen molar-refractivity contribution in [1.82, 2.24) is 5.32 Å². The fraction of sp³-hybridized carbons (Fsp3) is 0.333. The molecule has 1 unspecified atom stereocenters. The molecule has 0 fully saturated rings. The third-order valence-corrected chi connectivity index (χ3v) is 5.21. The summed E-state index contributed by atoms with van der Waals surface area (Å²) in [4.78, 5) is 12.0. The fourth-order valence-corrected chi connectivity index (χ4v) is 4.30. The van der Waals surface area contributed by atoms with Gasteiger partial charge in [-0.3, -0.25) is 10.1 Å². The molecule has 0 radical (unpaired) electrons. The van der Waals surface area contributed by atoms with Gasteiger partial charge >= 0.3 is 0 Å². The summed E-state index contributed by atoms with van der Waals surface area (Å²) < 4.78 is 0.744. The number of thiophene rings is 1. The number of hydrogen-bond donors (Lipinski definition) is 1. The Bertz CT molecular complexity index is 671. The molecule has 1 aliphatic carbocycles. The number of halogens is 1. The van der Waals surface area contributed by atoms with Crippen LogP contribution in [0.3, 0.4) is 0 Å². The Kier molecular flexibility index (Phi) is 4.37. The molecular formula is C15H15BrN2O2S. The van der Waals surface area contributed by atoms with Crippen LogP contribution in [0.4, 0.5) is 5.69 Å². The van der Waals surface area contributed by atoms with E-state index in [0.717, 1.165) is 16.5 Å². The molecule has 2 aromatic rings. The summed E-state index contributed by atoms with van der Waals surface area (Å²) in [6.07, 6.45) is 3.50. The van der Waals surface area contributed by atoms with E-state index < -0.39 is 0 Å². The molecule has 110 valence electrons. The van der Waals surface area contributed by atoms with Crippen molar-refractivity contribution < 1.29 is 4.92 Å². The number of nitrogens with zero attached hydrogens (tertiary/aromatic N) is 1. The monoisotopic (exact) mass is 366 g/mol.